The van der Waals surface area contributed by atoms with Crippen molar-refractivity contribution in [2.24, 2.45) is 0 Å². The molecule has 0 radical (unpaired) electrons. The van der Waals surface area contributed by atoms with E-state index in [1.807, 2.05) is 6.92 Å². The summed E-state index contributed by atoms with van der Waals surface area (Å²) in [6.07, 6.45) is 0. The number of halogens is 2. The van der Waals surface area contributed by atoms with Gasteiger partial charge in [0.2, 0.25) is 10.0 Å². The fourth-order valence-corrected chi connectivity index (χ4v) is 3.82. The minimum atomic E-state index is -3.67. The quantitative estimate of drug-likeness (QED) is 0.898. The van der Waals surface area contributed by atoms with Crippen LogP contribution in [0.4, 0.5) is 4.39 Å². The summed E-state index contributed by atoms with van der Waals surface area (Å²) in [7, 11) is -3.67. The summed E-state index contributed by atoms with van der Waals surface area (Å²) in [5.74, 6) is -0.649. The first-order valence-corrected chi connectivity index (χ1v) is 7.41. The van der Waals surface area contributed by atoms with Crippen LogP contribution in [0.5, 0.6) is 0 Å². The van der Waals surface area contributed by atoms with E-state index in [9.17, 15) is 12.8 Å². The summed E-state index contributed by atoms with van der Waals surface area (Å²) in [6, 6.07) is 3.43. The number of rotatable bonds is 2. The van der Waals surface area contributed by atoms with E-state index in [0.717, 1.165) is 12.1 Å². The van der Waals surface area contributed by atoms with Gasteiger partial charge < -0.3 is 5.32 Å². The van der Waals surface area contributed by atoms with Crippen molar-refractivity contribution in [3.63, 3.8) is 0 Å². The summed E-state index contributed by atoms with van der Waals surface area (Å²) in [6.45, 7) is 3.24. The third-order valence-corrected chi connectivity index (χ3v) is 4.87. The first-order chi connectivity index (χ1) is 8.39. The zero-order chi connectivity index (χ0) is 13.3. The molecule has 4 nitrogen and oxygen atoms in total. The van der Waals surface area contributed by atoms with Gasteiger partial charge in [-0.2, -0.15) is 4.31 Å². The Bertz CT molecular complexity index is 530. The Balaban J connectivity index is 2.35. The molecule has 0 amide bonds. The number of piperazine rings is 1. The lowest BCUT2D eigenvalue weighted by molar-refractivity contribution is 0.310. The lowest BCUT2D eigenvalue weighted by Gasteiger charge is -2.31. The zero-order valence-electron chi connectivity index (χ0n) is 9.86. The average Bonchev–Trinajstić information content (AvgIpc) is 2.27. The highest BCUT2D eigenvalue weighted by molar-refractivity contribution is 7.89. The fraction of sp³-hybridized carbons (Fsp3) is 0.455. The number of nitrogens with one attached hydrogen (secondary N) is 1. The highest BCUT2D eigenvalue weighted by Crippen LogP contribution is 2.22. The van der Waals surface area contributed by atoms with Crippen molar-refractivity contribution >= 4 is 21.6 Å². The molecule has 1 unspecified atom stereocenters. The molecule has 2 rings (SSSR count). The highest BCUT2D eigenvalue weighted by atomic mass is 35.5. The number of hydrogen-bond acceptors (Lipinski definition) is 3. The van der Waals surface area contributed by atoms with Crippen LogP contribution in [0.15, 0.2) is 23.1 Å². The van der Waals surface area contributed by atoms with Crippen LogP contribution in [0.1, 0.15) is 6.92 Å². The topological polar surface area (TPSA) is 49.4 Å². The molecule has 7 heteroatoms. The monoisotopic (exact) mass is 292 g/mol. The molecule has 1 atom stereocenters. The van der Waals surface area contributed by atoms with Gasteiger partial charge in [-0.3, -0.25) is 0 Å². The molecule has 18 heavy (non-hydrogen) atoms. The summed E-state index contributed by atoms with van der Waals surface area (Å²) in [5.41, 5.74) is 0. The molecule has 1 aliphatic heterocycles. The molecular weight excluding hydrogens is 279 g/mol. The third kappa shape index (κ3) is 2.83. The Kier molecular flexibility index (Phi) is 3.91. The van der Waals surface area contributed by atoms with Gasteiger partial charge in [-0.1, -0.05) is 11.6 Å². The van der Waals surface area contributed by atoms with Crippen LogP contribution in [0.3, 0.4) is 0 Å². The van der Waals surface area contributed by atoms with Gasteiger partial charge in [0.05, 0.1) is 4.90 Å². The molecule has 1 heterocycles. The molecule has 1 fully saturated rings. The van der Waals surface area contributed by atoms with Gasteiger partial charge >= 0.3 is 0 Å². The second kappa shape index (κ2) is 5.13. The summed E-state index contributed by atoms with van der Waals surface area (Å²) in [5, 5.41) is 3.23. The van der Waals surface area contributed by atoms with E-state index >= 15 is 0 Å². The van der Waals surface area contributed by atoms with Crippen LogP contribution in [0, 0.1) is 5.82 Å². The number of sulfonamides is 1. The van der Waals surface area contributed by atoms with Crippen molar-refractivity contribution < 1.29 is 12.8 Å². The Morgan fingerprint density at radius 3 is 2.78 bits per heavy atom. The summed E-state index contributed by atoms with van der Waals surface area (Å²) >= 11 is 5.69. The molecule has 1 aromatic carbocycles. The van der Waals surface area contributed by atoms with Crippen molar-refractivity contribution in [3.05, 3.63) is 29.0 Å². The first kappa shape index (κ1) is 13.7. The molecule has 0 aliphatic carbocycles. The minimum Gasteiger partial charge on any atom is -0.312 e. The van der Waals surface area contributed by atoms with Crippen LogP contribution in [-0.4, -0.2) is 38.4 Å². The molecule has 1 saturated heterocycles. The SMILES string of the molecule is CC1CN(S(=O)(=O)c2cc(F)cc(Cl)c2)CCN1. The van der Waals surface area contributed by atoms with Crippen molar-refractivity contribution in [2.45, 2.75) is 17.9 Å². The van der Waals surface area contributed by atoms with E-state index in [1.165, 1.54) is 10.4 Å². The van der Waals surface area contributed by atoms with E-state index in [1.54, 1.807) is 0 Å². The fourth-order valence-electron chi connectivity index (χ4n) is 1.94. The molecule has 1 aromatic rings. The van der Waals surface area contributed by atoms with E-state index in [2.05, 4.69) is 5.32 Å². The predicted octanol–water partition coefficient (Wildman–Crippen LogP) is 1.46. The van der Waals surface area contributed by atoms with Crippen molar-refractivity contribution in [1.82, 2.24) is 9.62 Å². The first-order valence-electron chi connectivity index (χ1n) is 5.59. The van der Waals surface area contributed by atoms with Crippen molar-refractivity contribution in [3.8, 4) is 0 Å². The third-order valence-electron chi connectivity index (χ3n) is 2.81. The molecule has 1 aliphatic rings. The Labute approximate surface area is 111 Å². The van der Waals surface area contributed by atoms with Gasteiger partial charge in [-0.15, -0.1) is 0 Å². The predicted molar refractivity (Wildman–Crippen MR) is 67.6 cm³/mol. The molecule has 100 valence electrons. The maximum absolute atomic E-state index is 13.2. The standard InChI is InChI=1S/C11H14ClFN2O2S/c1-8-7-15(3-2-14-8)18(16,17)11-5-9(12)4-10(13)6-11/h4-6,8,14H,2-3,7H2,1H3. The van der Waals surface area contributed by atoms with Gasteiger partial charge in [0.15, 0.2) is 0 Å². The normalized spacial score (nSPS) is 22.1. The number of benzene rings is 1. The van der Waals surface area contributed by atoms with Gasteiger partial charge in [0, 0.05) is 30.7 Å². The molecule has 0 bridgehead atoms. The summed E-state index contributed by atoms with van der Waals surface area (Å²) < 4.78 is 39.2. The van der Waals surface area contributed by atoms with Gasteiger partial charge in [0.25, 0.3) is 0 Å². The van der Waals surface area contributed by atoms with E-state index in [-0.39, 0.29) is 16.0 Å². The largest absolute Gasteiger partial charge is 0.312 e. The molecule has 1 N–H and O–H groups in total. The maximum atomic E-state index is 13.2. The molecule has 0 aromatic heterocycles. The Morgan fingerprint density at radius 2 is 2.17 bits per heavy atom. The molecule has 0 saturated carbocycles. The second-order valence-electron chi connectivity index (χ2n) is 4.32. The van der Waals surface area contributed by atoms with E-state index < -0.39 is 15.8 Å². The highest BCUT2D eigenvalue weighted by Gasteiger charge is 2.28. The summed E-state index contributed by atoms with van der Waals surface area (Å²) in [4.78, 5) is -0.0957. The van der Waals surface area contributed by atoms with Crippen LogP contribution in [-0.2, 0) is 10.0 Å². The average molecular weight is 293 g/mol. The van der Waals surface area contributed by atoms with Crippen LogP contribution in [0.2, 0.25) is 5.02 Å². The zero-order valence-corrected chi connectivity index (χ0v) is 11.4. The number of nitrogens with zero attached hydrogens (tertiary/aromatic N) is 1. The van der Waals surface area contributed by atoms with Crippen LogP contribution >= 0.6 is 11.6 Å². The van der Waals surface area contributed by atoms with Gasteiger partial charge in [-0.05, 0) is 25.1 Å². The smallest absolute Gasteiger partial charge is 0.243 e. The lowest BCUT2D eigenvalue weighted by Crippen LogP contribution is -2.51. The lowest BCUT2D eigenvalue weighted by atomic mass is 10.3. The van der Waals surface area contributed by atoms with Crippen molar-refractivity contribution in [1.29, 1.82) is 0 Å². The Morgan fingerprint density at radius 1 is 1.44 bits per heavy atom. The minimum absolute atomic E-state index is 0.0803. The van der Waals surface area contributed by atoms with Crippen LogP contribution in [0.25, 0.3) is 0 Å². The number of hydrogen-bond donors (Lipinski definition) is 1. The Hall–Kier alpha value is -0.690. The maximum Gasteiger partial charge on any atom is 0.243 e. The van der Waals surface area contributed by atoms with Crippen molar-refractivity contribution in [2.75, 3.05) is 19.6 Å². The molecule has 0 spiro atoms. The molecular formula is C11H14ClFN2O2S. The van der Waals surface area contributed by atoms with Gasteiger partial charge in [-0.25, -0.2) is 12.8 Å². The van der Waals surface area contributed by atoms with E-state index in [4.69, 9.17) is 11.6 Å². The van der Waals surface area contributed by atoms with E-state index in [0.29, 0.717) is 19.6 Å². The second-order valence-corrected chi connectivity index (χ2v) is 6.70. The van der Waals surface area contributed by atoms with Crippen LogP contribution < -0.4 is 5.32 Å². The van der Waals surface area contributed by atoms with Gasteiger partial charge in [0.1, 0.15) is 5.82 Å².